The molecule has 0 bridgehead atoms. The summed E-state index contributed by atoms with van der Waals surface area (Å²) in [4.78, 5) is 57.6. The molecule has 3 aliphatic heterocycles. The monoisotopic (exact) mass is 848 g/mol. The van der Waals surface area contributed by atoms with Crippen molar-refractivity contribution in [2.45, 2.75) is 121 Å². The predicted octanol–water partition coefficient (Wildman–Crippen LogP) is 5.84. The van der Waals surface area contributed by atoms with Gasteiger partial charge < -0.3 is 14.9 Å². The minimum absolute atomic E-state index is 0.229. The molecule has 11 rings (SSSR count). The fourth-order valence-electron chi connectivity index (χ4n) is 11.1. The highest BCUT2D eigenvalue weighted by Crippen LogP contribution is 2.40. The lowest BCUT2D eigenvalue weighted by atomic mass is 9.86. The Bertz CT molecular complexity index is 2890. The lowest BCUT2D eigenvalue weighted by Gasteiger charge is -2.43. The summed E-state index contributed by atoms with van der Waals surface area (Å²) in [6.07, 6.45) is 12.5. The van der Waals surface area contributed by atoms with Gasteiger partial charge in [0, 0.05) is 67.5 Å². The van der Waals surface area contributed by atoms with E-state index >= 15 is 0 Å². The zero-order chi connectivity index (χ0) is 43.0. The first-order chi connectivity index (χ1) is 30.7. The van der Waals surface area contributed by atoms with Crippen LogP contribution in [-0.2, 0) is 54.1 Å². The van der Waals surface area contributed by atoms with Gasteiger partial charge in [0.15, 0.2) is 17.0 Å². The number of pyridine rings is 1. The zero-order valence-corrected chi connectivity index (χ0v) is 35.6. The van der Waals surface area contributed by atoms with E-state index in [9.17, 15) is 19.5 Å². The van der Waals surface area contributed by atoms with E-state index in [1.54, 1.807) is 21.6 Å². The summed E-state index contributed by atoms with van der Waals surface area (Å²) in [5.41, 5.74) is 8.38. The number of benzene rings is 2. The molecule has 15 nitrogen and oxygen atoms in total. The molecule has 0 radical (unpaired) electrons. The van der Waals surface area contributed by atoms with Crippen molar-refractivity contribution in [3.63, 3.8) is 0 Å². The Balaban J connectivity index is 0.741. The van der Waals surface area contributed by atoms with Crippen LogP contribution in [0.25, 0.3) is 27.8 Å². The molecular weight excluding hydrogens is 797 g/mol. The van der Waals surface area contributed by atoms with Gasteiger partial charge in [-0.2, -0.15) is 4.98 Å². The number of carbonyl (C=O) groups is 2. The van der Waals surface area contributed by atoms with Crippen molar-refractivity contribution in [2.75, 3.05) is 18.4 Å². The van der Waals surface area contributed by atoms with E-state index in [0.29, 0.717) is 72.0 Å². The van der Waals surface area contributed by atoms with Crippen LogP contribution in [0.4, 0.5) is 11.6 Å². The SMILES string of the molecule is C=CCn1c(=O)c2cnc(Nc3ccc4c(c3)CCN([C@H]3CC[C@@H](N5CCc6c(ccc7c(C8CCC(=O)NC8=O)noc67)C5)CC3)C4)nc2n1-c1ccc2c(n1)[C@@](O)(CC)CC2. The summed E-state index contributed by atoms with van der Waals surface area (Å²) < 4.78 is 9.17. The Kier molecular flexibility index (Phi) is 9.88. The van der Waals surface area contributed by atoms with E-state index in [1.807, 2.05) is 19.1 Å². The van der Waals surface area contributed by atoms with Crippen LogP contribution in [0.1, 0.15) is 103 Å². The number of rotatable bonds is 9. The molecule has 2 aliphatic carbocycles. The standard InChI is InChI=1S/C48H52N10O5/c1-3-21-57-46(61)38-25-49-47(53-44(38)58(57)39-15-7-28-17-20-48(62,4-2)43(28)51-39)50-32-8-5-30-26-55(22-18-29(30)24-32)33-9-11-34(12-10-33)56-23-19-35-31(27-56)6-13-36-41(54-63-42(35)36)37-14-16-40(59)52-45(37)60/h3,5-8,13,15,24-25,33-34,37,62H,1,4,9-12,14,16-23,26-27H2,2H3,(H,49,50,53)(H,52,59,60)/t33-,34+,37?,48-/m1/s1. The Hall–Kier alpha value is -6.03. The van der Waals surface area contributed by atoms with Crippen LogP contribution in [-0.4, -0.2) is 81.4 Å². The maximum absolute atomic E-state index is 13.6. The molecule has 2 fully saturated rings. The summed E-state index contributed by atoms with van der Waals surface area (Å²) in [7, 11) is 0. The minimum Gasteiger partial charge on any atom is -0.384 e. The van der Waals surface area contributed by atoms with Crippen LogP contribution in [0.3, 0.4) is 0 Å². The van der Waals surface area contributed by atoms with Crippen molar-refractivity contribution in [3.05, 3.63) is 111 Å². The van der Waals surface area contributed by atoms with Gasteiger partial charge >= 0.3 is 0 Å². The molecule has 2 aromatic carbocycles. The number of fused-ring (bicyclic) bond motifs is 6. The van der Waals surface area contributed by atoms with E-state index < -0.39 is 11.5 Å². The molecule has 324 valence electrons. The van der Waals surface area contributed by atoms with E-state index in [4.69, 9.17) is 14.5 Å². The second kappa shape index (κ2) is 15.6. The first kappa shape index (κ1) is 39.8. The molecule has 0 spiro atoms. The number of aryl methyl sites for hydroxylation is 1. The van der Waals surface area contributed by atoms with E-state index in [2.05, 4.69) is 67.5 Å². The lowest BCUT2D eigenvalue weighted by Crippen LogP contribution is -2.46. The summed E-state index contributed by atoms with van der Waals surface area (Å²) in [6, 6.07) is 15.7. The lowest BCUT2D eigenvalue weighted by molar-refractivity contribution is -0.134. The van der Waals surface area contributed by atoms with E-state index in [0.717, 1.165) is 67.7 Å². The van der Waals surface area contributed by atoms with Crippen LogP contribution in [0, 0.1) is 0 Å². The third-order valence-electron chi connectivity index (χ3n) is 14.7. The minimum atomic E-state index is -0.991. The van der Waals surface area contributed by atoms with Crippen molar-refractivity contribution >= 4 is 45.5 Å². The van der Waals surface area contributed by atoms with Crippen LogP contribution >= 0.6 is 0 Å². The Morgan fingerprint density at radius 2 is 1.65 bits per heavy atom. The number of carbonyl (C=O) groups excluding carboxylic acids is 2. The summed E-state index contributed by atoms with van der Waals surface area (Å²) in [5.74, 6) is -0.0752. The van der Waals surface area contributed by atoms with Crippen LogP contribution < -0.4 is 16.2 Å². The maximum Gasteiger partial charge on any atom is 0.278 e. The van der Waals surface area contributed by atoms with Gasteiger partial charge in [-0.1, -0.05) is 36.4 Å². The molecule has 2 amide bonds. The molecule has 7 heterocycles. The molecule has 1 unspecified atom stereocenters. The number of amides is 2. The number of imide groups is 1. The third kappa shape index (κ3) is 6.88. The van der Waals surface area contributed by atoms with Gasteiger partial charge in [-0.3, -0.25) is 29.5 Å². The largest absolute Gasteiger partial charge is 0.384 e. The number of nitrogens with zero attached hydrogens (tertiary/aromatic N) is 8. The van der Waals surface area contributed by atoms with Crippen LogP contribution in [0.2, 0.25) is 0 Å². The normalized spacial score (nSPS) is 24.0. The maximum atomic E-state index is 13.6. The van der Waals surface area contributed by atoms with Gasteiger partial charge in [-0.15, -0.1) is 6.58 Å². The number of allylic oxidation sites excluding steroid dienone is 1. The van der Waals surface area contributed by atoms with Gasteiger partial charge in [0.25, 0.3) is 5.56 Å². The number of aromatic nitrogens is 6. The smallest absolute Gasteiger partial charge is 0.278 e. The predicted molar refractivity (Wildman–Crippen MR) is 237 cm³/mol. The molecule has 1 saturated heterocycles. The van der Waals surface area contributed by atoms with Gasteiger partial charge in [0.2, 0.25) is 17.8 Å². The molecule has 2 atom stereocenters. The number of aliphatic hydroxyl groups is 1. The van der Waals surface area contributed by atoms with Gasteiger partial charge in [0.05, 0.1) is 18.2 Å². The summed E-state index contributed by atoms with van der Waals surface area (Å²) in [5, 5.41) is 22.8. The Labute approximate surface area is 364 Å². The average Bonchev–Trinajstić information content (AvgIpc) is 3.97. The molecule has 15 heteroatoms. The van der Waals surface area contributed by atoms with Gasteiger partial charge in [-0.05, 0) is 111 Å². The second-order valence-corrected chi connectivity index (χ2v) is 18.1. The Morgan fingerprint density at radius 1 is 0.889 bits per heavy atom. The third-order valence-corrected chi connectivity index (χ3v) is 14.7. The molecule has 63 heavy (non-hydrogen) atoms. The first-order valence-electron chi connectivity index (χ1n) is 22.6. The number of anilines is 2. The quantitative estimate of drug-likeness (QED) is 0.117. The second-order valence-electron chi connectivity index (χ2n) is 18.1. The molecular formula is C48H52N10O5. The van der Waals surface area contributed by atoms with Crippen LogP contribution in [0.15, 0.2) is 70.6 Å². The highest BCUT2D eigenvalue weighted by molar-refractivity contribution is 6.02. The highest BCUT2D eigenvalue weighted by Gasteiger charge is 2.38. The molecule has 4 aromatic heterocycles. The highest BCUT2D eigenvalue weighted by atomic mass is 16.5. The van der Waals surface area contributed by atoms with E-state index in [1.165, 1.54) is 47.9 Å². The van der Waals surface area contributed by atoms with Gasteiger partial charge in [0.1, 0.15) is 16.7 Å². The summed E-state index contributed by atoms with van der Waals surface area (Å²) >= 11 is 0. The molecule has 1 saturated carbocycles. The number of hydrogen-bond acceptors (Lipinski definition) is 12. The van der Waals surface area contributed by atoms with Gasteiger partial charge in [-0.25, -0.2) is 19.3 Å². The Morgan fingerprint density at radius 3 is 2.43 bits per heavy atom. The molecule has 6 aromatic rings. The first-order valence-corrected chi connectivity index (χ1v) is 22.6. The van der Waals surface area contributed by atoms with Crippen molar-refractivity contribution in [3.8, 4) is 5.82 Å². The number of nitrogens with one attached hydrogen (secondary N) is 2. The van der Waals surface area contributed by atoms with Crippen LogP contribution in [0.5, 0.6) is 0 Å². The molecule has 5 aliphatic rings. The summed E-state index contributed by atoms with van der Waals surface area (Å²) in [6.45, 7) is 9.92. The fraction of sp³-hybridized carbons (Fsp3) is 0.438. The van der Waals surface area contributed by atoms with E-state index in [-0.39, 0.29) is 23.9 Å². The number of hydrogen-bond donors (Lipinski definition) is 3. The van der Waals surface area contributed by atoms with Crippen molar-refractivity contribution in [1.29, 1.82) is 0 Å². The van der Waals surface area contributed by atoms with Crippen molar-refractivity contribution in [1.82, 2.24) is 44.6 Å². The fourth-order valence-corrected chi connectivity index (χ4v) is 11.1. The topological polar surface area (TPSA) is 177 Å². The van der Waals surface area contributed by atoms with Crippen molar-refractivity contribution in [2.24, 2.45) is 0 Å². The molecule has 3 N–H and O–H groups in total. The van der Waals surface area contributed by atoms with Crippen molar-refractivity contribution < 1.29 is 19.2 Å². The average molecular weight is 849 g/mol. The zero-order valence-electron chi connectivity index (χ0n) is 35.6. The number of piperidine rings is 1.